The second-order valence-corrected chi connectivity index (χ2v) is 6.67. The van der Waals surface area contributed by atoms with E-state index in [1.54, 1.807) is 23.3 Å². The van der Waals surface area contributed by atoms with Crippen molar-refractivity contribution in [2.24, 2.45) is 0 Å². The number of nitrogens with zero attached hydrogens (tertiary/aromatic N) is 5. The van der Waals surface area contributed by atoms with Gasteiger partial charge in [-0.05, 0) is 47.1 Å². The molecule has 0 aliphatic carbocycles. The van der Waals surface area contributed by atoms with E-state index < -0.39 is 11.6 Å². The highest BCUT2D eigenvalue weighted by atomic mass is 79.9. The lowest BCUT2D eigenvalue weighted by Crippen LogP contribution is -2.12. The molecule has 130 valence electrons. The fraction of sp³-hybridized carbons (Fsp3) is 0.111. The number of fused-ring (bicyclic) bond motifs is 1. The molecule has 2 aliphatic heterocycles. The van der Waals surface area contributed by atoms with Crippen LogP contribution in [-0.2, 0) is 0 Å². The average Bonchev–Trinajstić information content (AvgIpc) is 3.07. The van der Waals surface area contributed by atoms with Crippen molar-refractivity contribution in [3.05, 3.63) is 70.7 Å². The van der Waals surface area contributed by atoms with Gasteiger partial charge in [0.05, 0.1) is 29.7 Å². The van der Waals surface area contributed by atoms with E-state index in [1.807, 2.05) is 19.1 Å². The molecule has 0 bridgehead atoms. The SMILES string of the molecule is CC(c1ccc(Br)cn1)n1cc2nc(-c3cccc(F)c3F)nc-2cn1. The van der Waals surface area contributed by atoms with Crippen LogP contribution in [0.1, 0.15) is 18.7 Å². The Bertz CT molecular complexity index is 1050. The maximum atomic E-state index is 14.0. The van der Waals surface area contributed by atoms with Gasteiger partial charge < -0.3 is 0 Å². The van der Waals surface area contributed by atoms with E-state index in [0.29, 0.717) is 11.4 Å². The van der Waals surface area contributed by atoms with Crippen LogP contribution in [0.5, 0.6) is 0 Å². The Kier molecular flexibility index (Phi) is 4.20. The molecule has 1 aromatic carbocycles. The number of rotatable bonds is 3. The quantitative estimate of drug-likeness (QED) is 0.494. The van der Waals surface area contributed by atoms with Crippen molar-refractivity contribution in [1.82, 2.24) is 24.7 Å². The molecule has 26 heavy (non-hydrogen) atoms. The van der Waals surface area contributed by atoms with Gasteiger partial charge in [0.1, 0.15) is 11.4 Å². The van der Waals surface area contributed by atoms with Gasteiger partial charge in [-0.3, -0.25) is 9.67 Å². The number of hydrogen-bond donors (Lipinski definition) is 0. The molecule has 3 heterocycles. The zero-order valence-corrected chi connectivity index (χ0v) is 15.2. The van der Waals surface area contributed by atoms with E-state index in [0.717, 1.165) is 16.2 Å². The standard InChI is InChI=1S/C18H12BrF2N5/c1-10(14-6-5-11(19)7-22-14)26-9-16-15(8-23-26)24-18(25-16)12-3-2-4-13(20)17(12)21/h2-10H,1H3. The molecule has 1 atom stereocenters. The number of benzene rings is 1. The predicted octanol–water partition coefficient (Wildman–Crippen LogP) is 4.49. The molecule has 2 aromatic rings. The van der Waals surface area contributed by atoms with Gasteiger partial charge in [0, 0.05) is 10.7 Å². The Labute approximate surface area is 156 Å². The number of pyridine rings is 1. The van der Waals surface area contributed by atoms with Crippen LogP contribution in [0.15, 0.2) is 53.4 Å². The zero-order valence-electron chi connectivity index (χ0n) is 13.6. The molecular weight excluding hydrogens is 404 g/mol. The molecule has 0 radical (unpaired) electrons. The summed E-state index contributed by atoms with van der Waals surface area (Å²) in [6.45, 7) is 1.96. The van der Waals surface area contributed by atoms with Crippen LogP contribution < -0.4 is 0 Å². The summed E-state index contributed by atoms with van der Waals surface area (Å²) >= 11 is 3.36. The van der Waals surface area contributed by atoms with Gasteiger partial charge in [-0.1, -0.05) is 6.07 Å². The Morgan fingerprint density at radius 3 is 2.62 bits per heavy atom. The average molecular weight is 416 g/mol. The van der Waals surface area contributed by atoms with Crippen LogP contribution >= 0.6 is 15.9 Å². The van der Waals surface area contributed by atoms with Crippen molar-refractivity contribution in [1.29, 1.82) is 0 Å². The molecule has 5 nitrogen and oxygen atoms in total. The van der Waals surface area contributed by atoms with Gasteiger partial charge in [0.15, 0.2) is 17.5 Å². The van der Waals surface area contributed by atoms with Gasteiger partial charge >= 0.3 is 0 Å². The normalized spacial score (nSPS) is 12.5. The molecule has 2 aliphatic rings. The van der Waals surface area contributed by atoms with Crippen molar-refractivity contribution < 1.29 is 8.78 Å². The van der Waals surface area contributed by atoms with Crippen LogP contribution in [0.2, 0.25) is 0 Å². The minimum Gasteiger partial charge on any atom is -0.262 e. The first-order valence-electron chi connectivity index (χ1n) is 7.80. The highest BCUT2D eigenvalue weighted by Crippen LogP contribution is 2.28. The molecule has 1 aromatic heterocycles. The smallest absolute Gasteiger partial charge is 0.169 e. The van der Waals surface area contributed by atoms with E-state index in [9.17, 15) is 8.78 Å². The van der Waals surface area contributed by atoms with E-state index in [1.165, 1.54) is 12.1 Å². The van der Waals surface area contributed by atoms with Crippen LogP contribution in [0.25, 0.3) is 22.8 Å². The molecule has 0 amide bonds. The van der Waals surface area contributed by atoms with Crippen molar-refractivity contribution in [3.63, 3.8) is 0 Å². The second kappa shape index (κ2) is 6.53. The minimum absolute atomic E-state index is 0.0235. The molecule has 0 spiro atoms. The summed E-state index contributed by atoms with van der Waals surface area (Å²) in [5, 5.41) is 4.35. The molecule has 0 N–H and O–H groups in total. The molecule has 0 fully saturated rings. The molecule has 0 saturated carbocycles. The first-order chi connectivity index (χ1) is 12.5. The van der Waals surface area contributed by atoms with Crippen LogP contribution in [0.4, 0.5) is 8.78 Å². The van der Waals surface area contributed by atoms with Gasteiger partial charge in [0.2, 0.25) is 0 Å². The Morgan fingerprint density at radius 1 is 1.04 bits per heavy atom. The minimum atomic E-state index is -0.962. The zero-order chi connectivity index (χ0) is 18.3. The van der Waals surface area contributed by atoms with Crippen molar-refractivity contribution in [2.45, 2.75) is 13.0 Å². The number of imidazole rings is 1. The number of halogens is 3. The maximum absolute atomic E-state index is 14.0. The molecule has 0 saturated heterocycles. The third-order valence-corrected chi connectivity index (χ3v) is 4.52. The number of hydrogen-bond acceptors (Lipinski definition) is 4. The fourth-order valence-corrected chi connectivity index (χ4v) is 2.85. The number of aromatic nitrogens is 5. The first kappa shape index (κ1) is 16.7. The van der Waals surface area contributed by atoms with Gasteiger partial charge in [-0.25, -0.2) is 18.7 Å². The van der Waals surface area contributed by atoms with Crippen molar-refractivity contribution >= 4 is 15.9 Å². The van der Waals surface area contributed by atoms with Crippen LogP contribution in [-0.4, -0.2) is 24.7 Å². The summed E-state index contributed by atoms with van der Waals surface area (Å²) in [6, 6.07) is 7.61. The lowest BCUT2D eigenvalue weighted by Gasteiger charge is -2.14. The van der Waals surface area contributed by atoms with Gasteiger partial charge in [-0.15, -0.1) is 0 Å². The predicted molar refractivity (Wildman–Crippen MR) is 95.5 cm³/mol. The maximum Gasteiger partial charge on any atom is 0.169 e. The van der Waals surface area contributed by atoms with Crippen molar-refractivity contribution in [2.75, 3.05) is 0 Å². The third-order valence-electron chi connectivity index (χ3n) is 4.05. The largest absolute Gasteiger partial charge is 0.262 e. The summed E-state index contributed by atoms with van der Waals surface area (Å²) in [5.74, 6) is -1.76. The second-order valence-electron chi connectivity index (χ2n) is 5.75. The summed E-state index contributed by atoms with van der Waals surface area (Å²) in [5.41, 5.74) is 1.91. The lowest BCUT2D eigenvalue weighted by atomic mass is 10.2. The molecule has 8 heteroatoms. The molecule has 1 unspecified atom stereocenters. The Hall–Kier alpha value is -2.74. The van der Waals surface area contributed by atoms with E-state index in [2.05, 4.69) is 36.0 Å². The van der Waals surface area contributed by atoms with E-state index in [4.69, 9.17) is 0 Å². The Balaban J connectivity index is 1.73. The monoisotopic (exact) mass is 415 g/mol. The van der Waals surface area contributed by atoms with Gasteiger partial charge in [0.25, 0.3) is 0 Å². The van der Waals surface area contributed by atoms with Crippen molar-refractivity contribution in [3.8, 4) is 22.8 Å². The summed E-state index contributed by atoms with van der Waals surface area (Å²) in [6.07, 6.45) is 4.99. The summed E-state index contributed by atoms with van der Waals surface area (Å²) in [7, 11) is 0. The van der Waals surface area contributed by atoms with Crippen LogP contribution in [0, 0.1) is 11.6 Å². The fourth-order valence-electron chi connectivity index (χ4n) is 2.62. The van der Waals surface area contributed by atoms with Crippen LogP contribution in [0.3, 0.4) is 0 Å². The lowest BCUT2D eigenvalue weighted by molar-refractivity contribution is 0.510. The third kappa shape index (κ3) is 2.96. The van der Waals surface area contributed by atoms with E-state index >= 15 is 0 Å². The Morgan fingerprint density at radius 2 is 1.85 bits per heavy atom. The first-order valence-corrected chi connectivity index (χ1v) is 8.60. The van der Waals surface area contributed by atoms with Gasteiger partial charge in [-0.2, -0.15) is 5.10 Å². The topological polar surface area (TPSA) is 56.5 Å². The van der Waals surface area contributed by atoms with E-state index in [-0.39, 0.29) is 17.4 Å². The highest BCUT2D eigenvalue weighted by Gasteiger charge is 2.19. The summed E-state index contributed by atoms with van der Waals surface area (Å²) in [4.78, 5) is 13.0. The summed E-state index contributed by atoms with van der Waals surface area (Å²) < 4.78 is 30.0. The highest BCUT2D eigenvalue weighted by molar-refractivity contribution is 9.10. The molecule has 4 rings (SSSR count). The molecular formula is C18H12BrF2N5.